The van der Waals surface area contributed by atoms with Gasteiger partial charge in [0, 0.05) is 12.5 Å². The highest BCUT2D eigenvalue weighted by molar-refractivity contribution is 5.98. The maximum atomic E-state index is 14.0. The zero-order chi connectivity index (χ0) is 23.8. The van der Waals surface area contributed by atoms with E-state index in [1.807, 2.05) is 36.4 Å². The lowest BCUT2D eigenvalue weighted by Crippen LogP contribution is -2.50. The molecule has 0 heterocycles. The summed E-state index contributed by atoms with van der Waals surface area (Å²) in [4.78, 5) is 25.3. The van der Waals surface area contributed by atoms with Gasteiger partial charge in [-0.1, -0.05) is 80.6 Å². The van der Waals surface area contributed by atoms with Crippen LogP contribution in [-0.2, 0) is 4.79 Å². The molecule has 33 heavy (non-hydrogen) atoms. The molecule has 0 spiro atoms. The zero-order valence-electron chi connectivity index (χ0n) is 18.7. The Labute approximate surface area is 193 Å². The maximum Gasteiger partial charge on any atom is 0.257 e. The normalized spacial score (nSPS) is 11.9. The number of carbonyl (C=O) groups excluding carboxylic acids is 2. The van der Waals surface area contributed by atoms with Crippen molar-refractivity contribution >= 4 is 11.8 Å². The standard InChI is InChI=1S/C27H28F2N2O2/c1-18(2)25(31-26(32)24-22(28)14-9-15-23(24)29)27(33)30-17-16-21(19-10-5-3-6-11-19)20-12-7-4-8-13-20/h3-15,18,21,25H,16-17H2,1-2H3,(H,30,33)(H,31,32)/t25-/m1/s1. The lowest BCUT2D eigenvalue weighted by Gasteiger charge is -2.23. The molecule has 0 aromatic heterocycles. The summed E-state index contributed by atoms with van der Waals surface area (Å²) >= 11 is 0. The molecule has 1 atom stereocenters. The van der Waals surface area contributed by atoms with Crippen molar-refractivity contribution in [1.29, 1.82) is 0 Å². The molecular weight excluding hydrogens is 422 g/mol. The Balaban J connectivity index is 1.67. The number of hydrogen-bond acceptors (Lipinski definition) is 2. The highest BCUT2D eigenvalue weighted by Crippen LogP contribution is 2.27. The minimum absolute atomic E-state index is 0.0901. The van der Waals surface area contributed by atoms with E-state index in [0.29, 0.717) is 13.0 Å². The molecule has 3 rings (SSSR count). The number of rotatable bonds is 9. The van der Waals surface area contributed by atoms with Crippen LogP contribution in [0.1, 0.15) is 47.7 Å². The molecule has 2 amide bonds. The molecule has 2 N–H and O–H groups in total. The summed E-state index contributed by atoms with van der Waals surface area (Å²) < 4.78 is 27.9. The summed E-state index contributed by atoms with van der Waals surface area (Å²) in [6.07, 6.45) is 0.653. The number of amides is 2. The minimum atomic E-state index is -0.969. The third kappa shape index (κ3) is 6.25. The van der Waals surface area contributed by atoms with Gasteiger partial charge in [0.1, 0.15) is 23.2 Å². The van der Waals surface area contributed by atoms with Gasteiger partial charge in [-0.15, -0.1) is 0 Å². The van der Waals surface area contributed by atoms with E-state index in [1.54, 1.807) is 13.8 Å². The van der Waals surface area contributed by atoms with E-state index in [4.69, 9.17) is 0 Å². The monoisotopic (exact) mass is 450 g/mol. The van der Waals surface area contributed by atoms with Crippen LogP contribution in [0.25, 0.3) is 0 Å². The van der Waals surface area contributed by atoms with Crippen molar-refractivity contribution in [2.24, 2.45) is 5.92 Å². The molecule has 172 valence electrons. The van der Waals surface area contributed by atoms with E-state index in [9.17, 15) is 18.4 Å². The number of halogens is 2. The van der Waals surface area contributed by atoms with Crippen LogP contribution in [0.3, 0.4) is 0 Å². The van der Waals surface area contributed by atoms with Crippen LogP contribution in [0, 0.1) is 17.6 Å². The van der Waals surface area contributed by atoms with Gasteiger partial charge in [0.25, 0.3) is 5.91 Å². The molecule has 0 aliphatic carbocycles. The van der Waals surface area contributed by atoms with Crippen molar-refractivity contribution in [2.45, 2.75) is 32.2 Å². The second-order valence-electron chi connectivity index (χ2n) is 8.25. The van der Waals surface area contributed by atoms with Crippen molar-refractivity contribution in [2.75, 3.05) is 6.54 Å². The first-order valence-electron chi connectivity index (χ1n) is 11.0. The molecule has 0 saturated heterocycles. The van der Waals surface area contributed by atoms with Crippen molar-refractivity contribution in [3.8, 4) is 0 Å². The predicted molar refractivity (Wildman–Crippen MR) is 125 cm³/mol. The third-order valence-corrected chi connectivity index (χ3v) is 5.56. The van der Waals surface area contributed by atoms with Gasteiger partial charge >= 0.3 is 0 Å². The van der Waals surface area contributed by atoms with Crippen LogP contribution in [-0.4, -0.2) is 24.4 Å². The molecule has 3 aromatic carbocycles. The molecule has 0 fully saturated rings. The van der Waals surface area contributed by atoms with Gasteiger partial charge in [-0.3, -0.25) is 9.59 Å². The first kappa shape index (κ1) is 24.1. The van der Waals surface area contributed by atoms with Gasteiger partial charge < -0.3 is 10.6 Å². The van der Waals surface area contributed by atoms with E-state index >= 15 is 0 Å². The van der Waals surface area contributed by atoms with Crippen molar-refractivity contribution in [1.82, 2.24) is 10.6 Å². The van der Waals surface area contributed by atoms with Crippen molar-refractivity contribution in [3.63, 3.8) is 0 Å². The Kier molecular flexibility index (Phi) is 8.30. The Morgan fingerprint density at radius 3 is 1.79 bits per heavy atom. The summed E-state index contributed by atoms with van der Waals surface area (Å²) in [7, 11) is 0. The quantitative estimate of drug-likeness (QED) is 0.479. The second kappa shape index (κ2) is 11.4. The van der Waals surface area contributed by atoms with Crippen LogP contribution in [0.4, 0.5) is 8.78 Å². The average molecular weight is 451 g/mol. The van der Waals surface area contributed by atoms with Gasteiger partial charge in [-0.05, 0) is 35.6 Å². The first-order valence-corrected chi connectivity index (χ1v) is 11.0. The lowest BCUT2D eigenvalue weighted by molar-refractivity contribution is -0.123. The highest BCUT2D eigenvalue weighted by Gasteiger charge is 2.27. The zero-order valence-corrected chi connectivity index (χ0v) is 18.7. The van der Waals surface area contributed by atoms with Crippen LogP contribution >= 0.6 is 0 Å². The van der Waals surface area contributed by atoms with E-state index in [1.165, 1.54) is 6.07 Å². The average Bonchev–Trinajstić information content (AvgIpc) is 2.81. The van der Waals surface area contributed by atoms with Gasteiger partial charge in [0.15, 0.2) is 0 Å². The summed E-state index contributed by atoms with van der Waals surface area (Å²) in [5, 5.41) is 5.36. The molecule has 6 heteroatoms. The molecule has 0 bridgehead atoms. The molecule has 0 saturated carbocycles. The highest BCUT2D eigenvalue weighted by atomic mass is 19.1. The van der Waals surface area contributed by atoms with Crippen LogP contribution in [0.2, 0.25) is 0 Å². The fourth-order valence-corrected chi connectivity index (χ4v) is 3.81. The Hall–Kier alpha value is -3.54. The molecule has 0 unspecified atom stereocenters. The van der Waals surface area contributed by atoms with Crippen molar-refractivity contribution in [3.05, 3.63) is 107 Å². The predicted octanol–water partition coefficient (Wildman–Crippen LogP) is 5.06. The Morgan fingerprint density at radius 2 is 1.30 bits per heavy atom. The van der Waals surface area contributed by atoms with Gasteiger partial charge in [0.05, 0.1) is 0 Å². The number of carbonyl (C=O) groups is 2. The summed E-state index contributed by atoms with van der Waals surface area (Å²) in [5.74, 6) is -3.47. The number of benzene rings is 3. The Bertz CT molecular complexity index is 1010. The molecule has 0 radical (unpaired) electrons. The molecular formula is C27H28F2N2O2. The van der Waals surface area contributed by atoms with Gasteiger partial charge in [-0.25, -0.2) is 8.78 Å². The van der Waals surface area contributed by atoms with E-state index < -0.39 is 35.1 Å². The van der Waals surface area contributed by atoms with Crippen LogP contribution in [0.5, 0.6) is 0 Å². The molecule has 4 nitrogen and oxygen atoms in total. The fourth-order valence-electron chi connectivity index (χ4n) is 3.81. The van der Waals surface area contributed by atoms with Crippen LogP contribution in [0.15, 0.2) is 78.9 Å². The maximum absolute atomic E-state index is 14.0. The summed E-state index contributed by atoms with van der Waals surface area (Å²) in [6.45, 7) is 3.90. The first-order chi connectivity index (χ1) is 15.9. The molecule has 3 aromatic rings. The second-order valence-corrected chi connectivity index (χ2v) is 8.25. The van der Waals surface area contributed by atoms with Gasteiger partial charge in [-0.2, -0.15) is 0 Å². The largest absolute Gasteiger partial charge is 0.354 e. The number of nitrogens with one attached hydrogen (secondary N) is 2. The van der Waals surface area contributed by atoms with E-state index in [-0.39, 0.29) is 11.8 Å². The topological polar surface area (TPSA) is 58.2 Å². The van der Waals surface area contributed by atoms with Gasteiger partial charge in [0.2, 0.25) is 5.91 Å². The SMILES string of the molecule is CC(C)[C@@H](NC(=O)c1c(F)cccc1F)C(=O)NCCC(c1ccccc1)c1ccccc1. The molecule has 0 aliphatic heterocycles. The van der Waals surface area contributed by atoms with Crippen molar-refractivity contribution < 1.29 is 18.4 Å². The van der Waals surface area contributed by atoms with E-state index in [2.05, 4.69) is 34.9 Å². The third-order valence-electron chi connectivity index (χ3n) is 5.56. The summed E-state index contributed by atoms with van der Waals surface area (Å²) in [5.41, 5.74) is 1.59. The molecule has 0 aliphatic rings. The number of hydrogen-bond donors (Lipinski definition) is 2. The lowest BCUT2D eigenvalue weighted by atomic mass is 9.88. The van der Waals surface area contributed by atoms with E-state index in [0.717, 1.165) is 23.3 Å². The van der Waals surface area contributed by atoms with Crippen LogP contribution < -0.4 is 10.6 Å². The fraction of sp³-hybridized carbons (Fsp3) is 0.259. The Morgan fingerprint density at radius 1 is 0.788 bits per heavy atom. The minimum Gasteiger partial charge on any atom is -0.354 e. The smallest absolute Gasteiger partial charge is 0.257 e. The summed E-state index contributed by atoms with van der Waals surface area (Å²) in [6, 6.07) is 22.3.